The predicted molar refractivity (Wildman–Crippen MR) is 76.9 cm³/mol. The molecule has 0 heterocycles. The molecule has 1 aliphatic rings. The van der Waals surface area contributed by atoms with Crippen molar-refractivity contribution in [1.82, 2.24) is 0 Å². The zero-order chi connectivity index (χ0) is 14.1. The molecular weight excluding hydrogens is 254 g/mol. The second-order valence-electron chi connectivity index (χ2n) is 5.05. The van der Waals surface area contributed by atoms with Crippen LogP contribution < -0.4 is 5.32 Å². The van der Waals surface area contributed by atoms with Crippen LogP contribution in [0, 0.1) is 0 Å². The van der Waals surface area contributed by atoms with Crippen molar-refractivity contribution in [1.29, 1.82) is 0 Å². The molecule has 0 radical (unpaired) electrons. The first-order chi connectivity index (χ1) is 9.65. The van der Waals surface area contributed by atoms with E-state index in [-0.39, 0.29) is 18.7 Å². The number of carbonyl (C=O) groups excluding carboxylic acids is 1. The van der Waals surface area contributed by atoms with Crippen molar-refractivity contribution in [3.05, 3.63) is 41.5 Å². The second kappa shape index (κ2) is 4.96. The van der Waals surface area contributed by atoms with Crippen LogP contribution in [0.5, 0.6) is 0 Å². The predicted octanol–water partition coefficient (Wildman–Crippen LogP) is 2.74. The monoisotopic (exact) mass is 269 g/mol. The molecule has 0 bridgehead atoms. The number of rotatable bonds is 4. The van der Waals surface area contributed by atoms with Crippen LogP contribution in [0.15, 0.2) is 30.3 Å². The van der Waals surface area contributed by atoms with Gasteiger partial charge in [-0.05, 0) is 35.4 Å². The fourth-order valence-electron chi connectivity index (χ4n) is 2.79. The van der Waals surface area contributed by atoms with Gasteiger partial charge in [0, 0.05) is 17.5 Å². The maximum atomic E-state index is 11.8. The number of nitrogens with one attached hydrogen (secondary N) is 1. The molecule has 2 N–H and O–H groups in total. The van der Waals surface area contributed by atoms with Crippen LogP contribution in [0.3, 0.4) is 0 Å². The van der Waals surface area contributed by atoms with Gasteiger partial charge in [0.1, 0.15) is 0 Å². The number of carboxylic acids is 1. The van der Waals surface area contributed by atoms with Crippen LogP contribution >= 0.6 is 0 Å². The average Bonchev–Trinajstić information content (AvgIpc) is 2.85. The Balaban J connectivity index is 1.90. The summed E-state index contributed by atoms with van der Waals surface area (Å²) in [6, 6.07) is 10.1. The molecular formula is C16H15NO3. The number of hydrogen-bond acceptors (Lipinski definition) is 2. The van der Waals surface area contributed by atoms with E-state index >= 15 is 0 Å². The van der Waals surface area contributed by atoms with E-state index in [0.29, 0.717) is 0 Å². The quantitative estimate of drug-likeness (QED) is 0.896. The summed E-state index contributed by atoms with van der Waals surface area (Å²) in [6.45, 7) is 0. The number of anilines is 1. The summed E-state index contributed by atoms with van der Waals surface area (Å²) in [5, 5.41) is 13.7. The molecule has 0 unspecified atom stereocenters. The highest BCUT2D eigenvalue weighted by atomic mass is 16.4. The van der Waals surface area contributed by atoms with Crippen molar-refractivity contribution < 1.29 is 14.7 Å². The van der Waals surface area contributed by atoms with Gasteiger partial charge < -0.3 is 10.4 Å². The summed E-state index contributed by atoms with van der Waals surface area (Å²) in [6.07, 6.45) is 1.94. The summed E-state index contributed by atoms with van der Waals surface area (Å²) in [7, 11) is 0. The van der Waals surface area contributed by atoms with Crippen molar-refractivity contribution in [3.63, 3.8) is 0 Å². The Bertz CT molecular complexity index is 696. The highest BCUT2D eigenvalue weighted by molar-refractivity contribution is 6.05. The van der Waals surface area contributed by atoms with Gasteiger partial charge in [-0.25, -0.2) is 0 Å². The third-order valence-corrected chi connectivity index (χ3v) is 3.72. The lowest BCUT2D eigenvalue weighted by Gasteiger charge is -2.10. The molecule has 2 aromatic rings. The van der Waals surface area contributed by atoms with E-state index in [9.17, 15) is 9.59 Å². The van der Waals surface area contributed by atoms with Crippen LogP contribution in [0.2, 0.25) is 0 Å². The number of aliphatic carboxylic acids is 1. The minimum absolute atomic E-state index is 0.00172. The van der Waals surface area contributed by atoms with Gasteiger partial charge in [-0.1, -0.05) is 24.3 Å². The van der Waals surface area contributed by atoms with E-state index in [1.165, 1.54) is 16.5 Å². The second-order valence-corrected chi connectivity index (χ2v) is 5.05. The smallest absolute Gasteiger partial charge is 0.303 e. The molecule has 0 spiro atoms. The normalized spacial score (nSPS) is 12.6. The molecule has 1 amide bonds. The van der Waals surface area contributed by atoms with Crippen molar-refractivity contribution in [2.45, 2.75) is 25.7 Å². The Labute approximate surface area is 116 Å². The fourth-order valence-corrected chi connectivity index (χ4v) is 2.79. The first-order valence-corrected chi connectivity index (χ1v) is 6.70. The van der Waals surface area contributed by atoms with Crippen molar-refractivity contribution in [2.24, 2.45) is 0 Å². The minimum Gasteiger partial charge on any atom is -0.481 e. The molecule has 4 heteroatoms. The van der Waals surface area contributed by atoms with Crippen molar-refractivity contribution in [2.75, 3.05) is 5.32 Å². The summed E-state index contributed by atoms with van der Waals surface area (Å²) < 4.78 is 0. The van der Waals surface area contributed by atoms with Gasteiger partial charge in [0.15, 0.2) is 0 Å². The summed E-state index contributed by atoms with van der Waals surface area (Å²) >= 11 is 0. The Morgan fingerprint density at radius 3 is 2.55 bits per heavy atom. The standard InChI is InChI=1S/C16H15NO3/c18-14(8-9-15(19)20)17-13-7-6-11-5-4-10-2-1-3-12(13)16(10)11/h1-3,6-7H,4-5,8-9H2,(H,17,18)(H,19,20). The van der Waals surface area contributed by atoms with Gasteiger partial charge in [-0.2, -0.15) is 0 Å². The van der Waals surface area contributed by atoms with E-state index in [0.717, 1.165) is 23.9 Å². The molecule has 2 aromatic carbocycles. The largest absolute Gasteiger partial charge is 0.481 e. The molecule has 20 heavy (non-hydrogen) atoms. The highest BCUT2D eigenvalue weighted by Crippen LogP contribution is 2.34. The molecule has 0 aromatic heterocycles. The maximum Gasteiger partial charge on any atom is 0.303 e. The lowest BCUT2D eigenvalue weighted by molar-refractivity contribution is -0.138. The number of carboxylic acid groups (broad SMARTS) is 1. The Kier molecular flexibility index (Phi) is 3.14. The molecule has 4 nitrogen and oxygen atoms in total. The minimum atomic E-state index is -0.958. The Morgan fingerprint density at radius 2 is 1.80 bits per heavy atom. The van der Waals surface area contributed by atoms with Crippen molar-refractivity contribution in [3.8, 4) is 0 Å². The number of amides is 1. The zero-order valence-corrected chi connectivity index (χ0v) is 11.0. The van der Waals surface area contributed by atoms with Crippen LogP contribution in [-0.4, -0.2) is 17.0 Å². The summed E-state index contributed by atoms with van der Waals surface area (Å²) in [5.74, 6) is -1.22. The van der Waals surface area contributed by atoms with Crippen LogP contribution in [-0.2, 0) is 22.4 Å². The first-order valence-electron chi connectivity index (χ1n) is 6.70. The molecule has 1 aliphatic carbocycles. The topological polar surface area (TPSA) is 66.4 Å². The van der Waals surface area contributed by atoms with Crippen molar-refractivity contribution >= 4 is 28.3 Å². The zero-order valence-electron chi connectivity index (χ0n) is 11.0. The van der Waals surface area contributed by atoms with Gasteiger partial charge in [-0.3, -0.25) is 9.59 Å². The van der Waals surface area contributed by atoms with Crippen LogP contribution in [0.4, 0.5) is 5.69 Å². The SMILES string of the molecule is O=C(O)CCC(=O)Nc1ccc2c3c(cccc13)CC2. The lowest BCUT2D eigenvalue weighted by atomic mass is 10.0. The average molecular weight is 269 g/mol. The third-order valence-electron chi connectivity index (χ3n) is 3.72. The van der Waals surface area contributed by atoms with Gasteiger partial charge in [-0.15, -0.1) is 0 Å². The summed E-state index contributed by atoms with van der Waals surface area (Å²) in [4.78, 5) is 22.3. The number of hydrogen-bond donors (Lipinski definition) is 2. The van der Waals surface area contributed by atoms with E-state index in [1.54, 1.807) is 0 Å². The van der Waals surface area contributed by atoms with Gasteiger partial charge >= 0.3 is 5.97 Å². The van der Waals surface area contributed by atoms with E-state index in [4.69, 9.17) is 5.11 Å². The summed E-state index contributed by atoms with van der Waals surface area (Å²) in [5.41, 5.74) is 3.40. The molecule has 102 valence electrons. The van der Waals surface area contributed by atoms with Crippen LogP contribution in [0.25, 0.3) is 10.8 Å². The van der Waals surface area contributed by atoms with Crippen LogP contribution in [0.1, 0.15) is 24.0 Å². The molecule has 0 saturated carbocycles. The number of aryl methyl sites for hydroxylation is 2. The first kappa shape index (κ1) is 12.7. The molecule has 0 atom stereocenters. The lowest BCUT2D eigenvalue weighted by Crippen LogP contribution is -2.13. The Morgan fingerprint density at radius 1 is 1.05 bits per heavy atom. The number of carbonyl (C=O) groups is 2. The Hall–Kier alpha value is -2.36. The number of benzene rings is 2. The van der Waals surface area contributed by atoms with Gasteiger partial charge in [0.2, 0.25) is 5.91 Å². The maximum absolute atomic E-state index is 11.8. The van der Waals surface area contributed by atoms with E-state index in [2.05, 4.69) is 11.4 Å². The van der Waals surface area contributed by atoms with E-state index < -0.39 is 5.97 Å². The van der Waals surface area contributed by atoms with Gasteiger partial charge in [0.05, 0.1) is 6.42 Å². The highest BCUT2D eigenvalue weighted by Gasteiger charge is 2.16. The molecule has 3 rings (SSSR count). The third kappa shape index (κ3) is 2.25. The molecule has 0 aliphatic heterocycles. The molecule has 0 fully saturated rings. The molecule has 0 saturated heterocycles. The fraction of sp³-hybridized carbons (Fsp3) is 0.250. The van der Waals surface area contributed by atoms with Gasteiger partial charge in [0.25, 0.3) is 0 Å². The van der Waals surface area contributed by atoms with E-state index in [1.807, 2.05) is 24.3 Å².